The summed E-state index contributed by atoms with van der Waals surface area (Å²) in [5, 5.41) is 9.37. The molecular weight excluding hydrogens is 954 g/mol. The first-order valence-corrected chi connectivity index (χ1v) is 22.9. The fourth-order valence-corrected chi connectivity index (χ4v) is 7.64. The van der Waals surface area contributed by atoms with Gasteiger partial charge in [0, 0.05) is 30.1 Å². The van der Waals surface area contributed by atoms with Gasteiger partial charge in [-0.25, -0.2) is 9.59 Å². The molecule has 2 aliphatic heterocycles. The summed E-state index contributed by atoms with van der Waals surface area (Å²) < 4.78 is 101. The molecule has 0 unspecified atom stereocenters. The SMILES string of the molecule is CC(C)(C)OC(=O)N1CCc2cc(O)ccc21.CC(C)(C)OC(=O)N1CCc2cc(OCc3ccc(-c4ccccc4)c(OC(F)(F)F)c3)ccc21.FC(F)(F)Oc1cc(CCl)ccc1-c1ccccc1. The van der Waals surface area contributed by atoms with Gasteiger partial charge in [0.15, 0.2) is 0 Å². The minimum absolute atomic E-state index is 0.0534. The summed E-state index contributed by atoms with van der Waals surface area (Å²) in [6.45, 7) is 12.2. The Balaban J connectivity index is 0.000000193. The summed E-state index contributed by atoms with van der Waals surface area (Å²) >= 11 is 5.63. The minimum Gasteiger partial charge on any atom is -0.508 e. The van der Waals surface area contributed by atoms with Crippen LogP contribution in [0.5, 0.6) is 23.0 Å². The molecule has 10 nitrogen and oxygen atoms in total. The molecule has 0 radical (unpaired) electrons. The van der Waals surface area contributed by atoms with E-state index in [2.05, 4.69) is 9.47 Å². The number of phenols is 1. The van der Waals surface area contributed by atoms with Crippen LogP contribution < -0.4 is 24.0 Å². The molecule has 2 heterocycles. The number of fused-ring (bicyclic) bond motifs is 2. The van der Waals surface area contributed by atoms with Crippen molar-refractivity contribution in [3.05, 3.63) is 156 Å². The summed E-state index contributed by atoms with van der Waals surface area (Å²) in [4.78, 5) is 27.6. The third kappa shape index (κ3) is 15.7. The van der Waals surface area contributed by atoms with E-state index in [1.165, 1.54) is 12.1 Å². The number of hydrogen-bond acceptors (Lipinski definition) is 8. The third-order valence-corrected chi connectivity index (χ3v) is 10.7. The van der Waals surface area contributed by atoms with Crippen molar-refractivity contribution in [3.63, 3.8) is 0 Å². The topological polar surface area (TPSA) is 107 Å². The predicted octanol–water partition coefficient (Wildman–Crippen LogP) is 14.8. The number of alkyl halides is 7. The van der Waals surface area contributed by atoms with Crippen LogP contribution in [0, 0.1) is 0 Å². The molecule has 2 amide bonds. The molecule has 0 atom stereocenters. The molecule has 0 aliphatic carbocycles. The maximum absolute atomic E-state index is 13.0. The highest BCUT2D eigenvalue weighted by Crippen LogP contribution is 2.38. The van der Waals surface area contributed by atoms with E-state index in [1.807, 2.05) is 47.6 Å². The number of amides is 2. The minimum atomic E-state index is -4.82. The van der Waals surface area contributed by atoms with Crippen molar-refractivity contribution in [2.24, 2.45) is 0 Å². The second kappa shape index (κ2) is 22.3. The maximum atomic E-state index is 13.0. The quantitative estimate of drug-likeness (QED) is 0.119. The molecule has 0 aromatic heterocycles. The smallest absolute Gasteiger partial charge is 0.508 e. The number of rotatable bonds is 8. The molecule has 0 bridgehead atoms. The molecule has 376 valence electrons. The monoisotopic (exact) mass is 1010 g/mol. The number of hydrogen-bond donors (Lipinski definition) is 1. The summed E-state index contributed by atoms with van der Waals surface area (Å²) in [5.74, 6) is 0.391. The van der Waals surface area contributed by atoms with Gasteiger partial charge in [-0.1, -0.05) is 84.9 Å². The Labute approximate surface area is 413 Å². The van der Waals surface area contributed by atoms with Crippen molar-refractivity contribution < 1.29 is 64.7 Å². The van der Waals surface area contributed by atoms with Crippen molar-refractivity contribution in [2.75, 3.05) is 22.9 Å². The molecule has 2 aliphatic rings. The van der Waals surface area contributed by atoms with Gasteiger partial charge in [-0.2, -0.15) is 0 Å². The normalized spacial score (nSPS) is 13.1. The molecule has 6 aromatic rings. The zero-order valence-corrected chi connectivity index (χ0v) is 40.5. The fourth-order valence-electron chi connectivity index (χ4n) is 7.47. The van der Waals surface area contributed by atoms with Gasteiger partial charge in [0.25, 0.3) is 0 Å². The molecule has 0 spiro atoms. The van der Waals surface area contributed by atoms with Crippen molar-refractivity contribution in [1.29, 1.82) is 0 Å². The predicted molar refractivity (Wildman–Crippen MR) is 260 cm³/mol. The number of carbonyl (C=O) groups is 2. The fraction of sp³-hybridized carbons (Fsp3) is 0.296. The number of halogens is 7. The number of carbonyl (C=O) groups excluding carboxylic acids is 2. The average molecular weight is 1010 g/mol. The Kier molecular flexibility index (Phi) is 16.8. The number of ether oxygens (including phenoxy) is 5. The van der Waals surface area contributed by atoms with Crippen LogP contribution in [0.4, 0.5) is 47.3 Å². The average Bonchev–Trinajstić information content (AvgIpc) is 3.92. The number of anilines is 2. The number of nitrogens with zero attached hydrogens (tertiary/aromatic N) is 2. The number of aromatic hydroxyl groups is 1. The molecule has 0 fully saturated rings. The van der Waals surface area contributed by atoms with Crippen LogP contribution >= 0.6 is 11.6 Å². The largest absolute Gasteiger partial charge is 0.573 e. The lowest BCUT2D eigenvalue weighted by atomic mass is 10.0. The highest BCUT2D eigenvalue weighted by Gasteiger charge is 2.34. The van der Waals surface area contributed by atoms with Crippen LogP contribution in [-0.2, 0) is 34.8 Å². The van der Waals surface area contributed by atoms with Crippen LogP contribution in [0.25, 0.3) is 22.3 Å². The van der Waals surface area contributed by atoms with Gasteiger partial charge in [-0.3, -0.25) is 9.80 Å². The zero-order valence-electron chi connectivity index (χ0n) is 39.8. The molecule has 0 saturated carbocycles. The zero-order chi connectivity index (χ0) is 51.7. The van der Waals surface area contributed by atoms with E-state index in [-0.39, 0.29) is 35.8 Å². The second-order valence-corrected chi connectivity index (χ2v) is 18.5. The Hall–Kier alpha value is -7.07. The molecular formula is C54H53ClF6N2O8. The second-order valence-electron chi connectivity index (χ2n) is 18.3. The van der Waals surface area contributed by atoms with E-state index in [9.17, 15) is 41.0 Å². The number of phenolic OH excluding ortho intramolecular Hbond substituents is 1. The van der Waals surface area contributed by atoms with Crippen LogP contribution in [0.15, 0.2) is 133 Å². The highest BCUT2D eigenvalue weighted by molar-refractivity contribution is 6.17. The first-order chi connectivity index (χ1) is 33.3. The van der Waals surface area contributed by atoms with Crippen molar-refractivity contribution in [2.45, 2.75) is 90.8 Å². The Morgan fingerprint density at radius 2 is 1.00 bits per heavy atom. The van der Waals surface area contributed by atoms with E-state index >= 15 is 0 Å². The first-order valence-electron chi connectivity index (χ1n) is 22.4. The van der Waals surface area contributed by atoms with Gasteiger partial charge in [0.2, 0.25) is 0 Å². The van der Waals surface area contributed by atoms with Crippen LogP contribution in [0.3, 0.4) is 0 Å². The third-order valence-electron chi connectivity index (χ3n) is 10.4. The summed E-state index contributed by atoms with van der Waals surface area (Å²) in [7, 11) is 0. The molecule has 1 N–H and O–H groups in total. The first kappa shape index (κ1) is 53.3. The Bertz CT molecular complexity index is 2780. The highest BCUT2D eigenvalue weighted by atomic mass is 35.5. The number of benzene rings is 6. The lowest BCUT2D eigenvalue weighted by molar-refractivity contribution is -0.275. The van der Waals surface area contributed by atoms with E-state index in [0.29, 0.717) is 58.6 Å². The van der Waals surface area contributed by atoms with Crippen LogP contribution in [0.2, 0.25) is 0 Å². The molecule has 71 heavy (non-hydrogen) atoms. The van der Waals surface area contributed by atoms with Gasteiger partial charge in [-0.15, -0.1) is 37.9 Å². The molecule has 0 saturated heterocycles. The van der Waals surface area contributed by atoms with Crippen molar-refractivity contribution >= 4 is 35.2 Å². The lowest BCUT2D eigenvalue weighted by Gasteiger charge is -2.24. The van der Waals surface area contributed by atoms with Gasteiger partial charge in [0.05, 0.1) is 11.4 Å². The van der Waals surface area contributed by atoms with E-state index in [1.54, 1.807) is 125 Å². The Morgan fingerprint density at radius 3 is 1.45 bits per heavy atom. The standard InChI is InChI=1S/C27H26F3NO4.C14H10ClF3O.C13H17NO3/c1-26(2,3)35-25(32)31-14-13-20-16-21(10-12-23(20)31)33-17-18-9-11-22(19-7-5-4-6-8-19)24(15-18)34-27(28,29)30;15-9-10-6-7-12(11-4-2-1-3-5-11)13(8-10)19-14(16,17)18;1-13(2,3)17-12(16)14-7-6-9-8-10(15)4-5-11(9)14/h4-12,15-16H,13-14,17H2,1-3H3;1-8H,9H2;4-5,8,15H,6-7H2,1-3H3. The molecule has 8 rings (SSSR count). The lowest BCUT2D eigenvalue weighted by Crippen LogP contribution is -2.35. The summed E-state index contributed by atoms with van der Waals surface area (Å²) in [6.07, 6.45) is -8.87. The summed E-state index contributed by atoms with van der Waals surface area (Å²) in [6, 6.07) is 37.1. The maximum Gasteiger partial charge on any atom is 0.573 e. The van der Waals surface area contributed by atoms with Gasteiger partial charge in [0.1, 0.15) is 40.8 Å². The van der Waals surface area contributed by atoms with E-state index in [4.69, 9.17) is 25.8 Å². The van der Waals surface area contributed by atoms with Gasteiger partial charge in [-0.05, 0) is 136 Å². The van der Waals surface area contributed by atoms with Gasteiger partial charge < -0.3 is 28.8 Å². The van der Waals surface area contributed by atoms with Crippen molar-refractivity contribution in [3.8, 4) is 45.3 Å². The van der Waals surface area contributed by atoms with Crippen LogP contribution in [0.1, 0.15) is 63.8 Å². The Morgan fingerprint density at radius 1 is 0.563 bits per heavy atom. The van der Waals surface area contributed by atoms with Crippen molar-refractivity contribution in [1.82, 2.24) is 0 Å². The molecule has 6 aromatic carbocycles. The van der Waals surface area contributed by atoms with Crippen LogP contribution in [-0.4, -0.2) is 54.3 Å². The molecule has 17 heteroatoms. The van der Waals surface area contributed by atoms with Gasteiger partial charge >= 0.3 is 24.9 Å². The van der Waals surface area contributed by atoms with E-state index < -0.39 is 30.0 Å². The van der Waals surface area contributed by atoms with E-state index in [0.717, 1.165) is 28.9 Å². The summed E-state index contributed by atoms with van der Waals surface area (Å²) in [5.41, 5.74) is 5.53.